The second-order valence-corrected chi connectivity index (χ2v) is 10.8. The van der Waals surface area contributed by atoms with Crippen molar-refractivity contribution in [2.24, 2.45) is 0 Å². The van der Waals surface area contributed by atoms with Crippen molar-refractivity contribution in [1.82, 2.24) is 9.80 Å². The molecule has 2 heterocycles. The maximum atomic E-state index is 12.0. The van der Waals surface area contributed by atoms with E-state index >= 15 is 0 Å². The second kappa shape index (κ2) is 10.3. The average molecular weight is 417 g/mol. The van der Waals surface area contributed by atoms with Gasteiger partial charge in [0, 0.05) is 39.3 Å². The Balaban J connectivity index is 1.73. The van der Waals surface area contributed by atoms with Crippen LogP contribution in [0.2, 0.25) is 0 Å². The molecule has 0 spiro atoms. The molecular formula is C14H28N2O8S2. The minimum atomic E-state index is -4.86. The second-order valence-electron chi connectivity index (χ2n) is 6.27. The van der Waals surface area contributed by atoms with Crippen LogP contribution in [-0.4, -0.2) is 105 Å². The van der Waals surface area contributed by atoms with Crippen molar-refractivity contribution in [3.05, 3.63) is 0 Å². The fourth-order valence-corrected chi connectivity index (χ4v) is 5.01. The summed E-state index contributed by atoms with van der Waals surface area (Å²) in [5, 5.41) is 0. The molecule has 26 heavy (non-hydrogen) atoms. The Bertz CT molecular complexity index is 613. The molecule has 2 aliphatic heterocycles. The molecule has 2 fully saturated rings. The predicted octanol–water partition coefficient (Wildman–Crippen LogP) is -0.963. The van der Waals surface area contributed by atoms with Crippen molar-refractivity contribution < 1.29 is 34.7 Å². The number of hydrogen-bond donors (Lipinski definition) is 0. The highest BCUT2D eigenvalue weighted by atomic mass is 33.2. The third-order valence-electron chi connectivity index (χ3n) is 4.10. The topological polar surface area (TPSA) is 112 Å². The van der Waals surface area contributed by atoms with Crippen molar-refractivity contribution >= 4 is 18.3 Å². The third kappa shape index (κ3) is 7.00. The number of morpholine rings is 2. The van der Waals surface area contributed by atoms with Gasteiger partial charge < -0.3 is 9.47 Å². The van der Waals surface area contributed by atoms with Crippen LogP contribution in [0.3, 0.4) is 0 Å². The summed E-state index contributed by atoms with van der Waals surface area (Å²) in [5.41, 5.74) is 0. The van der Waals surface area contributed by atoms with Gasteiger partial charge in [-0.15, -0.1) is 0 Å². The van der Waals surface area contributed by atoms with Gasteiger partial charge in [0.05, 0.1) is 39.1 Å². The molecule has 0 bridgehead atoms. The van der Waals surface area contributed by atoms with Crippen molar-refractivity contribution in [1.29, 1.82) is 0 Å². The van der Waals surface area contributed by atoms with E-state index < -0.39 is 24.4 Å². The van der Waals surface area contributed by atoms with Crippen LogP contribution >= 0.6 is 0 Å². The maximum Gasteiger partial charge on any atom is 0.400 e. The van der Waals surface area contributed by atoms with Crippen molar-refractivity contribution in [2.45, 2.75) is 19.4 Å². The SMILES string of the molecule is CC(CN1CCOCC1)OS(=O)(=O)S(=O)(=O)OCCCN1CCOCC1. The molecule has 154 valence electrons. The molecule has 0 aromatic heterocycles. The normalized spacial score (nSPS) is 22.3. The summed E-state index contributed by atoms with van der Waals surface area (Å²) in [6, 6.07) is 0. The molecule has 0 N–H and O–H groups in total. The highest BCUT2D eigenvalue weighted by molar-refractivity contribution is 8.63. The Labute approximate surface area is 155 Å². The van der Waals surface area contributed by atoms with Crippen LogP contribution in [-0.2, 0) is 36.1 Å². The number of nitrogens with zero attached hydrogens (tertiary/aromatic N) is 2. The van der Waals surface area contributed by atoms with E-state index in [1.807, 2.05) is 4.90 Å². The van der Waals surface area contributed by atoms with Crippen LogP contribution in [0.4, 0.5) is 0 Å². The lowest BCUT2D eigenvalue weighted by atomic mass is 10.3. The van der Waals surface area contributed by atoms with Crippen molar-refractivity contribution in [3.63, 3.8) is 0 Å². The number of hydrogen-bond acceptors (Lipinski definition) is 10. The molecule has 1 atom stereocenters. The van der Waals surface area contributed by atoms with Crippen LogP contribution in [0.1, 0.15) is 13.3 Å². The molecule has 0 aliphatic carbocycles. The van der Waals surface area contributed by atoms with Crippen LogP contribution in [0.15, 0.2) is 0 Å². The zero-order valence-corrected chi connectivity index (χ0v) is 16.7. The van der Waals surface area contributed by atoms with E-state index in [1.165, 1.54) is 6.92 Å². The van der Waals surface area contributed by atoms with Gasteiger partial charge in [0.25, 0.3) is 0 Å². The molecule has 0 amide bonds. The van der Waals surface area contributed by atoms with Crippen LogP contribution in [0.25, 0.3) is 0 Å². The van der Waals surface area contributed by atoms with Crippen molar-refractivity contribution in [2.75, 3.05) is 72.3 Å². The Hall–Kier alpha value is -0.340. The van der Waals surface area contributed by atoms with Crippen LogP contribution in [0, 0.1) is 0 Å². The zero-order chi connectivity index (χ0) is 19.0. The largest absolute Gasteiger partial charge is 0.400 e. The Morgan fingerprint density at radius 1 is 0.885 bits per heavy atom. The monoisotopic (exact) mass is 416 g/mol. The molecule has 2 aliphatic rings. The first-order valence-corrected chi connectivity index (χ1v) is 12.1. The number of rotatable bonds is 10. The summed E-state index contributed by atoms with van der Waals surface area (Å²) in [6.07, 6.45) is -0.400. The van der Waals surface area contributed by atoms with E-state index in [1.54, 1.807) is 0 Å². The molecule has 2 rings (SSSR count). The zero-order valence-electron chi connectivity index (χ0n) is 15.0. The Morgan fingerprint density at radius 3 is 2.00 bits per heavy atom. The summed E-state index contributed by atoms with van der Waals surface area (Å²) in [5.74, 6) is 0. The van der Waals surface area contributed by atoms with E-state index in [0.29, 0.717) is 59.0 Å². The number of ether oxygens (including phenoxy) is 2. The Morgan fingerprint density at radius 2 is 1.42 bits per heavy atom. The van der Waals surface area contributed by atoms with E-state index in [-0.39, 0.29) is 6.61 Å². The first kappa shape index (κ1) is 22.0. The van der Waals surface area contributed by atoms with Gasteiger partial charge in [-0.2, -0.15) is 16.8 Å². The lowest BCUT2D eigenvalue weighted by molar-refractivity contribution is 0.0230. The molecule has 0 saturated carbocycles. The minimum Gasteiger partial charge on any atom is -0.379 e. The summed E-state index contributed by atoms with van der Waals surface area (Å²) < 4.78 is 67.7. The van der Waals surface area contributed by atoms with E-state index in [9.17, 15) is 16.8 Å². The maximum absolute atomic E-state index is 12.0. The highest BCUT2D eigenvalue weighted by Crippen LogP contribution is 2.13. The van der Waals surface area contributed by atoms with Gasteiger partial charge in [0.1, 0.15) is 0 Å². The molecule has 0 aromatic carbocycles. The average Bonchev–Trinajstić information content (AvgIpc) is 2.60. The van der Waals surface area contributed by atoms with Gasteiger partial charge in [-0.25, -0.2) is 0 Å². The van der Waals surface area contributed by atoms with Crippen LogP contribution in [0.5, 0.6) is 0 Å². The quantitative estimate of drug-likeness (QED) is 0.326. The summed E-state index contributed by atoms with van der Waals surface area (Å²) in [6.45, 7) is 7.47. The molecule has 2 saturated heterocycles. The van der Waals surface area contributed by atoms with Gasteiger partial charge >= 0.3 is 18.3 Å². The summed E-state index contributed by atoms with van der Waals surface area (Å²) in [4.78, 5) is 4.06. The van der Waals surface area contributed by atoms with Gasteiger partial charge in [-0.05, 0) is 13.3 Å². The lowest BCUT2D eigenvalue weighted by Gasteiger charge is -2.28. The fraction of sp³-hybridized carbons (Fsp3) is 1.00. The van der Waals surface area contributed by atoms with E-state index in [0.717, 1.165) is 13.1 Å². The molecule has 10 nitrogen and oxygen atoms in total. The van der Waals surface area contributed by atoms with Gasteiger partial charge in [-0.3, -0.25) is 18.2 Å². The molecule has 0 aromatic rings. The predicted molar refractivity (Wildman–Crippen MR) is 93.5 cm³/mol. The van der Waals surface area contributed by atoms with Gasteiger partial charge in [-0.1, -0.05) is 0 Å². The highest BCUT2D eigenvalue weighted by Gasteiger charge is 2.34. The first-order valence-electron chi connectivity index (χ1n) is 8.73. The standard InChI is InChI=1S/C14H28N2O8S2/c1-14(13-16-6-11-22-12-7-16)24-26(19,20)25(17,18)23-8-2-3-15-4-9-21-10-5-15/h14H,2-13H2,1H3. The fourth-order valence-electron chi connectivity index (χ4n) is 2.76. The van der Waals surface area contributed by atoms with Gasteiger partial charge in [0.15, 0.2) is 0 Å². The lowest BCUT2D eigenvalue weighted by Crippen LogP contribution is -2.41. The first-order chi connectivity index (χ1) is 12.3. The van der Waals surface area contributed by atoms with Gasteiger partial charge in [0.2, 0.25) is 0 Å². The van der Waals surface area contributed by atoms with Crippen LogP contribution < -0.4 is 0 Å². The minimum absolute atomic E-state index is 0.208. The van der Waals surface area contributed by atoms with Crippen molar-refractivity contribution in [3.8, 4) is 0 Å². The molecule has 1 unspecified atom stereocenters. The smallest absolute Gasteiger partial charge is 0.379 e. The summed E-state index contributed by atoms with van der Waals surface area (Å²) >= 11 is 0. The third-order valence-corrected chi connectivity index (χ3v) is 7.65. The van der Waals surface area contributed by atoms with E-state index in [4.69, 9.17) is 13.7 Å². The molecule has 12 heteroatoms. The Kier molecular flexibility index (Phi) is 8.67. The molecule has 0 radical (unpaired) electrons. The molecular weight excluding hydrogens is 388 g/mol. The summed E-state index contributed by atoms with van der Waals surface area (Å²) in [7, 11) is -9.69. The van der Waals surface area contributed by atoms with E-state index in [2.05, 4.69) is 9.08 Å².